The fourth-order valence-electron chi connectivity index (χ4n) is 2.55. The van der Waals surface area contributed by atoms with Crippen LogP contribution in [0.25, 0.3) is 0 Å². The first-order valence-electron chi connectivity index (χ1n) is 8.68. The highest BCUT2D eigenvalue weighted by molar-refractivity contribution is 6.12. The van der Waals surface area contributed by atoms with Gasteiger partial charge >= 0.3 is 0 Å². The third-order valence-corrected chi connectivity index (χ3v) is 4.10. The molecule has 0 saturated heterocycles. The van der Waals surface area contributed by atoms with Crippen molar-refractivity contribution in [2.75, 3.05) is 10.6 Å². The average molecular weight is 389 g/mol. The van der Waals surface area contributed by atoms with E-state index in [9.17, 15) is 9.59 Å². The van der Waals surface area contributed by atoms with Crippen molar-refractivity contribution in [2.24, 2.45) is 5.90 Å². The van der Waals surface area contributed by atoms with Crippen LogP contribution in [0, 0.1) is 12.3 Å². The molecular formula is C21H19N5O3. The van der Waals surface area contributed by atoms with Crippen LogP contribution >= 0.6 is 0 Å². The van der Waals surface area contributed by atoms with E-state index in [0.29, 0.717) is 28.2 Å². The minimum Gasteiger partial charge on any atom is -0.391 e. The predicted molar refractivity (Wildman–Crippen MR) is 110 cm³/mol. The Morgan fingerprint density at radius 3 is 2.28 bits per heavy atom. The molecule has 0 saturated carbocycles. The summed E-state index contributed by atoms with van der Waals surface area (Å²) in [6.07, 6.45) is 1.66. The maximum Gasteiger partial charge on any atom is 0.258 e. The van der Waals surface area contributed by atoms with Gasteiger partial charge in [-0.25, -0.2) is 4.98 Å². The number of nitrogens with one attached hydrogen (secondary N) is 3. The van der Waals surface area contributed by atoms with Gasteiger partial charge in [0.1, 0.15) is 5.82 Å². The van der Waals surface area contributed by atoms with Gasteiger partial charge in [0.05, 0.1) is 11.3 Å². The number of aromatic nitrogens is 1. The van der Waals surface area contributed by atoms with E-state index in [1.54, 1.807) is 48.7 Å². The van der Waals surface area contributed by atoms with Crippen LogP contribution in [0.15, 0.2) is 66.9 Å². The van der Waals surface area contributed by atoms with E-state index in [1.165, 1.54) is 12.1 Å². The summed E-state index contributed by atoms with van der Waals surface area (Å²) in [5, 5.41) is 13.0. The van der Waals surface area contributed by atoms with Crippen LogP contribution in [0.3, 0.4) is 0 Å². The fraction of sp³-hybridized carbons (Fsp3) is 0.0476. The van der Waals surface area contributed by atoms with Crippen LogP contribution < -0.4 is 16.5 Å². The molecule has 0 spiro atoms. The largest absolute Gasteiger partial charge is 0.391 e. The summed E-state index contributed by atoms with van der Waals surface area (Å²) >= 11 is 0. The molecular weight excluding hydrogens is 370 g/mol. The molecule has 5 N–H and O–H groups in total. The summed E-state index contributed by atoms with van der Waals surface area (Å²) in [6.45, 7) is 1.90. The smallest absolute Gasteiger partial charge is 0.258 e. The van der Waals surface area contributed by atoms with Gasteiger partial charge in [-0.2, -0.15) is 5.90 Å². The number of hydrogen-bond acceptors (Lipinski definition) is 6. The summed E-state index contributed by atoms with van der Waals surface area (Å²) in [6, 6.07) is 16.4. The lowest BCUT2D eigenvalue weighted by Crippen LogP contribution is -2.19. The number of pyridine rings is 1. The Morgan fingerprint density at radius 2 is 1.62 bits per heavy atom. The van der Waals surface area contributed by atoms with Gasteiger partial charge < -0.3 is 15.5 Å². The van der Waals surface area contributed by atoms with Crippen molar-refractivity contribution in [3.8, 4) is 0 Å². The molecule has 1 aromatic heterocycles. The lowest BCUT2D eigenvalue weighted by Gasteiger charge is -2.11. The zero-order valence-electron chi connectivity index (χ0n) is 15.6. The Bertz CT molecular complexity index is 1050. The van der Waals surface area contributed by atoms with Crippen LogP contribution in [0.1, 0.15) is 31.8 Å². The van der Waals surface area contributed by atoms with Gasteiger partial charge in [0.2, 0.25) is 5.90 Å². The molecule has 0 fully saturated rings. The third kappa shape index (κ3) is 4.82. The van der Waals surface area contributed by atoms with Crippen LogP contribution in [-0.4, -0.2) is 22.7 Å². The zero-order valence-corrected chi connectivity index (χ0v) is 15.6. The second-order valence-corrected chi connectivity index (χ2v) is 6.20. The number of carbonyl (C=O) groups is 2. The molecule has 2 amide bonds. The molecule has 3 rings (SSSR count). The topological polar surface area (TPSA) is 130 Å². The molecule has 0 radical (unpaired) electrons. The van der Waals surface area contributed by atoms with Gasteiger partial charge in [-0.15, -0.1) is 0 Å². The summed E-state index contributed by atoms with van der Waals surface area (Å²) in [5.74, 6) is 4.39. The maximum absolute atomic E-state index is 12.6. The SMILES string of the molecule is Cc1ccc(NC(=O)c2ccccc2NC(=O)c2ccc(C(=N)ON)cc2)nc1. The number of carbonyl (C=O) groups excluding carboxylic acids is 2. The highest BCUT2D eigenvalue weighted by Gasteiger charge is 2.15. The summed E-state index contributed by atoms with van der Waals surface area (Å²) < 4.78 is 0. The van der Waals surface area contributed by atoms with Crippen molar-refractivity contribution >= 4 is 29.2 Å². The van der Waals surface area contributed by atoms with Gasteiger partial charge in [-0.05, 0) is 55.0 Å². The van der Waals surface area contributed by atoms with Crippen molar-refractivity contribution in [1.29, 1.82) is 5.41 Å². The van der Waals surface area contributed by atoms with Crippen LogP contribution in [0.5, 0.6) is 0 Å². The number of hydrogen-bond donors (Lipinski definition) is 4. The summed E-state index contributed by atoms with van der Waals surface area (Å²) in [7, 11) is 0. The Balaban J connectivity index is 1.76. The molecule has 0 unspecified atom stereocenters. The third-order valence-electron chi connectivity index (χ3n) is 4.10. The molecule has 1 heterocycles. The highest BCUT2D eigenvalue weighted by Crippen LogP contribution is 2.18. The van der Waals surface area contributed by atoms with Crippen molar-refractivity contribution in [1.82, 2.24) is 4.98 Å². The van der Waals surface area contributed by atoms with E-state index in [2.05, 4.69) is 20.5 Å². The quantitative estimate of drug-likeness (QED) is 0.303. The molecule has 0 aliphatic heterocycles. The Kier molecular flexibility index (Phi) is 5.96. The van der Waals surface area contributed by atoms with E-state index in [0.717, 1.165) is 5.56 Å². The normalized spacial score (nSPS) is 10.1. The van der Waals surface area contributed by atoms with Crippen LogP contribution in [0.4, 0.5) is 11.5 Å². The molecule has 3 aromatic rings. The molecule has 2 aromatic carbocycles. The van der Waals surface area contributed by atoms with Gasteiger partial charge in [0.25, 0.3) is 11.8 Å². The number of nitrogens with two attached hydrogens (primary N) is 1. The number of nitrogens with zero attached hydrogens (tertiary/aromatic N) is 1. The average Bonchev–Trinajstić information content (AvgIpc) is 2.75. The second-order valence-electron chi connectivity index (χ2n) is 6.20. The predicted octanol–water partition coefficient (Wildman–Crippen LogP) is 3.11. The number of benzene rings is 2. The molecule has 8 heteroatoms. The first kappa shape index (κ1) is 19.7. The van der Waals surface area contributed by atoms with Gasteiger partial charge in [0, 0.05) is 17.3 Å². The zero-order chi connectivity index (χ0) is 20.8. The highest BCUT2D eigenvalue weighted by atomic mass is 16.6. The van der Waals surface area contributed by atoms with Crippen molar-refractivity contribution in [2.45, 2.75) is 6.92 Å². The Morgan fingerprint density at radius 1 is 0.931 bits per heavy atom. The standard InChI is InChI=1S/C21H19N5O3/c1-13-6-11-18(24-12-13)26-21(28)16-4-2-3-5-17(16)25-20(27)15-9-7-14(8-10-15)19(22)29-23/h2-12,22H,23H2,1H3,(H,25,27)(H,24,26,28). The van der Waals surface area contributed by atoms with Gasteiger partial charge in [-0.3, -0.25) is 15.0 Å². The number of aryl methyl sites for hydroxylation is 1. The van der Waals surface area contributed by atoms with Gasteiger partial charge in [-0.1, -0.05) is 18.2 Å². The molecule has 0 bridgehead atoms. The van der Waals surface area contributed by atoms with Crippen molar-refractivity contribution in [3.05, 3.63) is 89.1 Å². The number of rotatable bonds is 5. The van der Waals surface area contributed by atoms with Gasteiger partial charge in [0.15, 0.2) is 0 Å². The minimum atomic E-state index is -0.398. The monoisotopic (exact) mass is 389 g/mol. The fourth-order valence-corrected chi connectivity index (χ4v) is 2.55. The lowest BCUT2D eigenvalue weighted by molar-refractivity contribution is 0.102. The van der Waals surface area contributed by atoms with E-state index in [1.807, 2.05) is 13.0 Å². The molecule has 29 heavy (non-hydrogen) atoms. The first-order valence-corrected chi connectivity index (χ1v) is 8.68. The maximum atomic E-state index is 12.6. The van der Waals surface area contributed by atoms with Crippen LogP contribution in [0.2, 0.25) is 0 Å². The second kappa shape index (κ2) is 8.77. The Hall–Kier alpha value is -4.04. The summed E-state index contributed by atoms with van der Waals surface area (Å²) in [4.78, 5) is 33.7. The molecule has 0 aliphatic carbocycles. The van der Waals surface area contributed by atoms with E-state index in [-0.39, 0.29) is 11.8 Å². The molecule has 8 nitrogen and oxygen atoms in total. The molecule has 0 atom stereocenters. The van der Waals surface area contributed by atoms with E-state index in [4.69, 9.17) is 11.3 Å². The molecule has 0 aliphatic rings. The summed E-state index contributed by atoms with van der Waals surface area (Å²) in [5.41, 5.74) is 2.45. The Labute approximate surface area is 167 Å². The van der Waals surface area contributed by atoms with E-state index < -0.39 is 5.91 Å². The number of amides is 2. The molecule has 146 valence electrons. The lowest BCUT2D eigenvalue weighted by atomic mass is 10.1. The van der Waals surface area contributed by atoms with Crippen LogP contribution in [-0.2, 0) is 4.84 Å². The minimum absolute atomic E-state index is 0.205. The van der Waals surface area contributed by atoms with E-state index >= 15 is 0 Å². The number of anilines is 2. The van der Waals surface area contributed by atoms with Crippen molar-refractivity contribution in [3.63, 3.8) is 0 Å². The number of para-hydroxylation sites is 1. The first-order chi connectivity index (χ1) is 14.0. The van der Waals surface area contributed by atoms with Crippen molar-refractivity contribution < 1.29 is 14.4 Å².